The molecule has 0 bridgehead atoms. The normalized spacial score (nSPS) is 14.9. The van der Waals surface area contributed by atoms with Crippen molar-refractivity contribution >= 4 is 34.7 Å². The van der Waals surface area contributed by atoms with E-state index in [1.165, 1.54) is 0 Å². The van der Waals surface area contributed by atoms with E-state index in [0.29, 0.717) is 16.3 Å². The number of aryl methyl sites for hydroxylation is 1. The van der Waals surface area contributed by atoms with Crippen molar-refractivity contribution in [2.75, 3.05) is 4.90 Å². The summed E-state index contributed by atoms with van der Waals surface area (Å²) in [6.07, 6.45) is 0. The van der Waals surface area contributed by atoms with Crippen LogP contribution in [0.3, 0.4) is 0 Å². The summed E-state index contributed by atoms with van der Waals surface area (Å²) in [6.45, 7) is 1.92. The van der Waals surface area contributed by atoms with E-state index in [1.807, 2.05) is 19.1 Å². The Bertz CT molecular complexity index is 792. The second kappa shape index (κ2) is 5.31. The van der Waals surface area contributed by atoms with Crippen LogP contribution in [0, 0.1) is 6.92 Å². The number of rotatable bonds is 2. The van der Waals surface area contributed by atoms with Gasteiger partial charge in [0.15, 0.2) is 5.76 Å². The minimum atomic E-state index is -0.733. The lowest BCUT2D eigenvalue weighted by atomic mass is 10.0. The van der Waals surface area contributed by atoms with Crippen molar-refractivity contribution in [3.8, 4) is 0 Å². The number of nitrogens with zero attached hydrogens (tertiary/aromatic N) is 1. The van der Waals surface area contributed by atoms with Crippen molar-refractivity contribution in [2.45, 2.75) is 6.92 Å². The number of imide groups is 1. The lowest BCUT2D eigenvalue weighted by molar-refractivity contribution is -0.121. The Hall–Kier alpha value is -2.59. The minimum Gasteiger partial charge on any atom is -0.502 e. The molecule has 2 aromatic carbocycles. The topological polar surface area (TPSA) is 57.6 Å². The molecular weight excluding hydrogens is 302 g/mol. The fourth-order valence-corrected chi connectivity index (χ4v) is 2.45. The molecule has 1 aliphatic heterocycles. The second-order valence-electron chi connectivity index (χ2n) is 5.01. The van der Waals surface area contributed by atoms with Gasteiger partial charge in [0.1, 0.15) is 0 Å². The average Bonchev–Trinajstić information content (AvgIpc) is 2.72. The molecule has 2 amide bonds. The van der Waals surface area contributed by atoms with E-state index in [1.54, 1.807) is 36.4 Å². The predicted octanol–water partition coefficient (Wildman–Crippen LogP) is 3.49. The first-order valence-corrected chi connectivity index (χ1v) is 7.01. The summed E-state index contributed by atoms with van der Waals surface area (Å²) in [4.78, 5) is 25.7. The first-order chi connectivity index (χ1) is 10.5. The summed E-state index contributed by atoms with van der Waals surface area (Å²) >= 11 is 5.81. The first-order valence-electron chi connectivity index (χ1n) is 6.63. The quantitative estimate of drug-likeness (QED) is 0.863. The lowest BCUT2D eigenvalue weighted by Gasteiger charge is -2.14. The molecule has 3 rings (SSSR count). The third-order valence-electron chi connectivity index (χ3n) is 3.48. The van der Waals surface area contributed by atoms with Crippen LogP contribution in [-0.4, -0.2) is 16.9 Å². The summed E-state index contributed by atoms with van der Waals surface area (Å²) < 4.78 is 0. The highest BCUT2D eigenvalue weighted by Gasteiger charge is 2.40. The van der Waals surface area contributed by atoms with E-state index in [9.17, 15) is 14.7 Å². The molecule has 0 saturated carbocycles. The molecule has 2 aromatic rings. The van der Waals surface area contributed by atoms with E-state index < -0.39 is 17.6 Å². The van der Waals surface area contributed by atoms with E-state index in [-0.39, 0.29) is 5.57 Å². The molecule has 0 saturated heterocycles. The van der Waals surface area contributed by atoms with Crippen LogP contribution in [0.25, 0.3) is 5.57 Å². The van der Waals surface area contributed by atoms with E-state index >= 15 is 0 Å². The van der Waals surface area contributed by atoms with Crippen molar-refractivity contribution in [3.05, 3.63) is 70.4 Å². The van der Waals surface area contributed by atoms with Crippen molar-refractivity contribution in [2.24, 2.45) is 0 Å². The number of aliphatic hydroxyl groups is 1. The predicted molar refractivity (Wildman–Crippen MR) is 84.7 cm³/mol. The number of hydrogen-bond acceptors (Lipinski definition) is 3. The van der Waals surface area contributed by atoms with Gasteiger partial charge in [0, 0.05) is 5.02 Å². The summed E-state index contributed by atoms with van der Waals surface area (Å²) in [6, 6.07) is 13.3. The van der Waals surface area contributed by atoms with Crippen LogP contribution in [-0.2, 0) is 9.59 Å². The Morgan fingerprint density at radius 2 is 1.50 bits per heavy atom. The van der Waals surface area contributed by atoms with Gasteiger partial charge in [0.25, 0.3) is 5.91 Å². The number of halogens is 1. The average molecular weight is 314 g/mol. The fraction of sp³-hybridized carbons (Fsp3) is 0.0588. The van der Waals surface area contributed by atoms with Crippen LogP contribution >= 0.6 is 11.6 Å². The molecule has 22 heavy (non-hydrogen) atoms. The van der Waals surface area contributed by atoms with Crippen LogP contribution < -0.4 is 4.90 Å². The molecule has 0 atom stereocenters. The summed E-state index contributed by atoms with van der Waals surface area (Å²) in [7, 11) is 0. The molecule has 0 unspecified atom stereocenters. The molecule has 5 heteroatoms. The highest BCUT2D eigenvalue weighted by atomic mass is 35.5. The number of hydrogen-bond donors (Lipinski definition) is 1. The molecule has 0 radical (unpaired) electrons. The van der Waals surface area contributed by atoms with E-state index in [0.717, 1.165) is 10.5 Å². The third kappa shape index (κ3) is 2.27. The first kappa shape index (κ1) is 14.4. The van der Waals surface area contributed by atoms with Crippen molar-refractivity contribution in [3.63, 3.8) is 0 Å². The van der Waals surface area contributed by atoms with Gasteiger partial charge in [-0.25, -0.2) is 4.90 Å². The molecule has 0 fully saturated rings. The Balaban J connectivity index is 2.03. The van der Waals surface area contributed by atoms with Crippen LogP contribution in [0.5, 0.6) is 0 Å². The smallest absolute Gasteiger partial charge is 0.301 e. The maximum absolute atomic E-state index is 12.6. The maximum Gasteiger partial charge on any atom is 0.301 e. The Morgan fingerprint density at radius 3 is 2.09 bits per heavy atom. The number of amides is 2. The maximum atomic E-state index is 12.6. The number of aliphatic hydroxyl groups excluding tert-OH is 1. The zero-order valence-corrected chi connectivity index (χ0v) is 12.5. The molecule has 1 N–H and O–H groups in total. The highest BCUT2D eigenvalue weighted by Crippen LogP contribution is 2.32. The Morgan fingerprint density at radius 1 is 0.909 bits per heavy atom. The molecule has 1 heterocycles. The van der Waals surface area contributed by atoms with Gasteiger partial charge < -0.3 is 5.11 Å². The summed E-state index contributed by atoms with van der Waals surface area (Å²) in [5, 5.41) is 10.6. The van der Waals surface area contributed by atoms with E-state index in [2.05, 4.69) is 0 Å². The van der Waals surface area contributed by atoms with Gasteiger partial charge in [-0.1, -0.05) is 41.4 Å². The SMILES string of the molecule is Cc1ccc(C2=C(O)C(=O)N(c3ccc(Cl)cc3)C2=O)cc1. The van der Waals surface area contributed by atoms with Gasteiger partial charge in [-0.15, -0.1) is 0 Å². The second-order valence-corrected chi connectivity index (χ2v) is 5.45. The largest absolute Gasteiger partial charge is 0.502 e. The van der Waals surface area contributed by atoms with Crippen LogP contribution in [0.2, 0.25) is 5.02 Å². The minimum absolute atomic E-state index is 0.0138. The van der Waals surface area contributed by atoms with Gasteiger partial charge in [-0.3, -0.25) is 9.59 Å². The van der Waals surface area contributed by atoms with Gasteiger partial charge in [-0.05, 0) is 36.8 Å². The standard InChI is InChI=1S/C17H12ClNO3/c1-10-2-4-11(5-3-10)14-15(20)17(22)19(16(14)21)13-8-6-12(18)7-9-13/h2-9,20H,1H3. The van der Waals surface area contributed by atoms with Crippen LogP contribution in [0.15, 0.2) is 54.3 Å². The molecule has 4 nitrogen and oxygen atoms in total. The van der Waals surface area contributed by atoms with Crippen molar-refractivity contribution in [1.29, 1.82) is 0 Å². The number of carbonyl (C=O) groups excluding carboxylic acids is 2. The number of benzene rings is 2. The van der Waals surface area contributed by atoms with E-state index in [4.69, 9.17) is 11.6 Å². The number of carbonyl (C=O) groups is 2. The Kier molecular flexibility index (Phi) is 3.47. The monoisotopic (exact) mass is 313 g/mol. The van der Waals surface area contributed by atoms with Gasteiger partial charge in [0.2, 0.25) is 0 Å². The van der Waals surface area contributed by atoms with Gasteiger partial charge >= 0.3 is 5.91 Å². The molecule has 0 aromatic heterocycles. The Labute approximate surface area is 132 Å². The van der Waals surface area contributed by atoms with Gasteiger partial charge in [-0.2, -0.15) is 0 Å². The third-order valence-corrected chi connectivity index (χ3v) is 3.74. The zero-order valence-electron chi connectivity index (χ0n) is 11.7. The van der Waals surface area contributed by atoms with Gasteiger partial charge in [0.05, 0.1) is 11.3 Å². The summed E-state index contributed by atoms with van der Waals surface area (Å²) in [5.74, 6) is -1.82. The van der Waals surface area contributed by atoms with Crippen LogP contribution in [0.4, 0.5) is 5.69 Å². The van der Waals surface area contributed by atoms with Crippen molar-refractivity contribution < 1.29 is 14.7 Å². The number of anilines is 1. The molecule has 0 spiro atoms. The highest BCUT2D eigenvalue weighted by molar-refractivity contribution is 6.45. The summed E-state index contributed by atoms with van der Waals surface area (Å²) in [5.41, 5.74) is 1.92. The fourth-order valence-electron chi connectivity index (χ4n) is 2.32. The molecule has 0 aliphatic carbocycles. The zero-order chi connectivity index (χ0) is 15.9. The van der Waals surface area contributed by atoms with Crippen LogP contribution in [0.1, 0.15) is 11.1 Å². The molecule has 1 aliphatic rings. The molecular formula is C17H12ClNO3. The molecule has 110 valence electrons. The van der Waals surface area contributed by atoms with Crippen molar-refractivity contribution in [1.82, 2.24) is 0 Å². The lowest BCUT2D eigenvalue weighted by Crippen LogP contribution is -2.31.